The topological polar surface area (TPSA) is 69.7 Å². The standard InChI is InChI=1S/C18H21Cl2N3O3/c19-13-2-1-12(16(20)9-13)3-4-21-17(25)14-10-15(14)18(26)23-7-5-22(11-24)6-8-23/h1-2,9,11,14-15H,3-8,10H2,(H,21,25). The van der Waals surface area contributed by atoms with Crippen LogP contribution in [-0.4, -0.2) is 60.7 Å². The zero-order valence-corrected chi connectivity index (χ0v) is 15.8. The van der Waals surface area contributed by atoms with Crippen LogP contribution in [0.4, 0.5) is 0 Å². The summed E-state index contributed by atoms with van der Waals surface area (Å²) < 4.78 is 0. The average Bonchev–Trinajstić information content (AvgIpc) is 3.44. The summed E-state index contributed by atoms with van der Waals surface area (Å²) in [6.45, 7) is 2.66. The van der Waals surface area contributed by atoms with Crippen molar-refractivity contribution in [3.05, 3.63) is 33.8 Å². The van der Waals surface area contributed by atoms with Gasteiger partial charge in [-0.3, -0.25) is 14.4 Å². The minimum Gasteiger partial charge on any atom is -0.356 e. The first kappa shape index (κ1) is 19.0. The van der Waals surface area contributed by atoms with Crippen LogP contribution in [0, 0.1) is 11.8 Å². The molecule has 2 fully saturated rings. The van der Waals surface area contributed by atoms with E-state index in [1.807, 2.05) is 6.07 Å². The molecule has 1 aromatic carbocycles. The van der Waals surface area contributed by atoms with Crippen molar-refractivity contribution >= 4 is 41.4 Å². The Morgan fingerprint density at radius 2 is 1.88 bits per heavy atom. The molecule has 0 radical (unpaired) electrons. The number of nitrogens with one attached hydrogen (secondary N) is 1. The number of piperazine rings is 1. The molecule has 6 nitrogen and oxygen atoms in total. The lowest BCUT2D eigenvalue weighted by Crippen LogP contribution is -2.48. The highest BCUT2D eigenvalue weighted by molar-refractivity contribution is 6.35. The van der Waals surface area contributed by atoms with Crippen molar-refractivity contribution in [3.63, 3.8) is 0 Å². The lowest BCUT2D eigenvalue weighted by molar-refractivity contribution is -0.137. The molecule has 0 aromatic heterocycles. The molecule has 140 valence electrons. The van der Waals surface area contributed by atoms with E-state index in [1.54, 1.807) is 21.9 Å². The Balaban J connectivity index is 1.41. The second kappa shape index (κ2) is 8.27. The summed E-state index contributed by atoms with van der Waals surface area (Å²) in [6, 6.07) is 5.30. The van der Waals surface area contributed by atoms with Gasteiger partial charge < -0.3 is 15.1 Å². The van der Waals surface area contributed by atoms with Gasteiger partial charge in [0.05, 0.1) is 11.8 Å². The van der Waals surface area contributed by atoms with E-state index in [9.17, 15) is 14.4 Å². The van der Waals surface area contributed by atoms with Crippen LogP contribution in [0.15, 0.2) is 18.2 Å². The second-order valence-corrected chi connectivity index (χ2v) is 7.54. The van der Waals surface area contributed by atoms with Crippen molar-refractivity contribution in [2.75, 3.05) is 32.7 Å². The van der Waals surface area contributed by atoms with E-state index < -0.39 is 0 Å². The number of carbonyl (C=O) groups is 3. The molecule has 1 heterocycles. The van der Waals surface area contributed by atoms with Crippen molar-refractivity contribution in [2.24, 2.45) is 11.8 Å². The lowest BCUT2D eigenvalue weighted by Gasteiger charge is -2.32. The third kappa shape index (κ3) is 4.48. The Labute approximate surface area is 162 Å². The summed E-state index contributed by atoms with van der Waals surface area (Å²) in [4.78, 5) is 38.8. The van der Waals surface area contributed by atoms with Gasteiger partial charge in [-0.25, -0.2) is 0 Å². The molecule has 2 unspecified atom stereocenters. The van der Waals surface area contributed by atoms with Gasteiger partial charge in [-0.1, -0.05) is 29.3 Å². The maximum Gasteiger partial charge on any atom is 0.226 e. The van der Waals surface area contributed by atoms with E-state index >= 15 is 0 Å². The highest BCUT2D eigenvalue weighted by Crippen LogP contribution is 2.40. The van der Waals surface area contributed by atoms with E-state index in [-0.39, 0.29) is 23.7 Å². The molecule has 1 N–H and O–H groups in total. The van der Waals surface area contributed by atoms with Gasteiger partial charge in [0.1, 0.15) is 0 Å². The van der Waals surface area contributed by atoms with Crippen LogP contribution < -0.4 is 5.32 Å². The monoisotopic (exact) mass is 397 g/mol. The molecule has 1 aromatic rings. The zero-order chi connectivity index (χ0) is 18.7. The first-order chi connectivity index (χ1) is 12.5. The minimum absolute atomic E-state index is 0.0245. The summed E-state index contributed by atoms with van der Waals surface area (Å²) >= 11 is 12.0. The van der Waals surface area contributed by atoms with E-state index in [2.05, 4.69) is 5.32 Å². The number of nitrogens with zero attached hydrogens (tertiary/aromatic N) is 2. The van der Waals surface area contributed by atoms with Crippen molar-refractivity contribution in [1.82, 2.24) is 15.1 Å². The van der Waals surface area contributed by atoms with E-state index in [1.165, 1.54) is 0 Å². The third-order valence-corrected chi connectivity index (χ3v) is 5.52. The first-order valence-corrected chi connectivity index (χ1v) is 9.45. The minimum atomic E-state index is -0.243. The fourth-order valence-electron chi connectivity index (χ4n) is 3.22. The largest absolute Gasteiger partial charge is 0.356 e. The molecule has 1 saturated carbocycles. The highest BCUT2D eigenvalue weighted by Gasteiger charge is 2.49. The van der Waals surface area contributed by atoms with E-state index in [4.69, 9.17) is 23.2 Å². The van der Waals surface area contributed by atoms with Crippen LogP contribution >= 0.6 is 23.2 Å². The molecular formula is C18H21Cl2N3O3. The molecule has 8 heteroatoms. The molecule has 0 bridgehead atoms. The van der Waals surface area contributed by atoms with Crippen LogP contribution in [-0.2, 0) is 20.8 Å². The van der Waals surface area contributed by atoms with Gasteiger partial charge in [0, 0.05) is 42.8 Å². The molecule has 0 spiro atoms. The van der Waals surface area contributed by atoms with Crippen LogP contribution in [0.3, 0.4) is 0 Å². The summed E-state index contributed by atoms with van der Waals surface area (Å²) in [6.07, 6.45) is 2.02. The Bertz CT molecular complexity index is 705. The Kier molecular flexibility index (Phi) is 6.04. The molecule has 2 aliphatic rings. The SMILES string of the molecule is O=CN1CCN(C(=O)C2CC2C(=O)NCCc2ccc(Cl)cc2Cl)CC1. The first-order valence-electron chi connectivity index (χ1n) is 8.69. The summed E-state index contributed by atoms with van der Waals surface area (Å²) in [7, 11) is 0. The predicted octanol–water partition coefficient (Wildman–Crippen LogP) is 1.59. The van der Waals surface area contributed by atoms with Gasteiger partial charge in [0.2, 0.25) is 18.2 Å². The molecule has 1 aliphatic heterocycles. The van der Waals surface area contributed by atoms with Crippen LogP contribution in [0.5, 0.6) is 0 Å². The van der Waals surface area contributed by atoms with Crippen LogP contribution in [0.25, 0.3) is 0 Å². The molecule has 1 aliphatic carbocycles. The number of amides is 3. The molecule has 26 heavy (non-hydrogen) atoms. The Morgan fingerprint density at radius 3 is 2.54 bits per heavy atom. The number of benzene rings is 1. The van der Waals surface area contributed by atoms with Gasteiger partial charge in [0.15, 0.2) is 0 Å². The number of hydrogen-bond acceptors (Lipinski definition) is 3. The fourth-order valence-corrected chi connectivity index (χ4v) is 3.72. The maximum absolute atomic E-state index is 12.5. The normalized spacial score (nSPS) is 22.1. The predicted molar refractivity (Wildman–Crippen MR) is 99.0 cm³/mol. The summed E-state index contributed by atoms with van der Waals surface area (Å²) in [5.41, 5.74) is 0.924. The fraction of sp³-hybridized carbons (Fsp3) is 0.500. The Morgan fingerprint density at radius 1 is 1.15 bits per heavy atom. The highest BCUT2D eigenvalue weighted by atomic mass is 35.5. The third-order valence-electron chi connectivity index (χ3n) is 4.93. The maximum atomic E-state index is 12.5. The smallest absolute Gasteiger partial charge is 0.226 e. The van der Waals surface area contributed by atoms with Crippen molar-refractivity contribution in [1.29, 1.82) is 0 Å². The van der Waals surface area contributed by atoms with Gasteiger partial charge in [-0.2, -0.15) is 0 Å². The van der Waals surface area contributed by atoms with Crippen molar-refractivity contribution in [3.8, 4) is 0 Å². The van der Waals surface area contributed by atoms with Crippen LogP contribution in [0.2, 0.25) is 10.0 Å². The van der Waals surface area contributed by atoms with Crippen LogP contribution in [0.1, 0.15) is 12.0 Å². The quantitative estimate of drug-likeness (QED) is 0.740. The molecule has 2 atom stereocenters. The van der Waals surface area contributed by atoms with E-state index in [0.717, 1.165) is 12.0 Å². The summed E-state index contributed by atoms with van der Waals surface area (Å²) in [5.74, 6) is -0.527. The Hall–Kier alpha value is -1.79. The number of hydrogen-bond donors (Lipinski definition) is 1. The lowest BCUT2D eigenvalue weighted by atomic mass is 10.1. The van der Waals surface area contributed by atoms with E-state index in [0.29, 0.717) is 55.6 Å². The average molecular weight is 398 g/mol. The number of carbonyl (C=O) groups excluding carboxylic acids is 3. The number of halogens is 2. The van der Waals surface area contributed by atoms with Gasteiger partial charge in [-0.15, -0.1) is 0 Å². The van der Waals surface area contributed by atoms with Gasteiger partial charge >= 0.3 is 0 Å². The number of rotatable bonds is 6. The zero-order valence-electron chi connectivity index (χ0n) is 14.3. The summed E-state index contributed by atoms with van der Waals surface area (Å²) in [5, 5.41) is 4.05. The van der Waals surface area contributed by atoms with Gasteiger partial charge in [-0.05, 0) is 30.5 Å². The molecule has 3 amide bonds. The van der Waals surface area contributed by atoms with Crippen molar-refractivity contribution < 1.29 is 14.4 Å². The van der Waals surface area contributed by atoms with Crippen molar-refractivity contribution in [2.45, 2.75) is 12.8 Å². The van der Waals surface area contributed by atoms with Gasteiger partial charge in [0.25, 0.3) is 0 Å². The molecule has 3 rings (SSSR count). The molecule has 1 saturated heterocycles. The molecular weight excluding hydrogens is 377 g/mol. The second-order valence-electron chi connectivity index (χ2n) is 6.69.